The largest absolute Gasteiger partial charge is 0.507 e. The summed E-state index contributed by atoms with van der Waals surface area (Å²) in [6.45, 7) is 2.05. The van der Waals surface area contributed by atoms with Gasteiger partial charge in [-0.2, -0.15) is 0 Å². The summed E-state index contributed by atoms with van der Waals surface area (Å²) in [4.78, 5) is 11.8. The van der Waals surface area contributed by atoms with Gasteiger partial charge in [-0.15, -0.1) is 0 Å². The third kappa shape index (κ3) is 2.92. The van der Waals surface area contributed by atoms with Crippen molar-refractivity contribution in [2.24, 2.45) is 5.92 Å². The Hall–Kier alpha value is -1.75. The standard InChI is InChI=1S/C13H17NO4/c15-10-2-1-3-11(16)12(10)13(17)14-6-4-9-5-7-18-8-9/h1-3,9,15-16H,4-8H2,(H,14,17). The molecule has 0 aromatic heterocycles. The highest BCUT2D eigenvalue weighted by Crippen LogP contribution is 2.25. The van der Waals surface area contributed by atoms with Crippen molar-refractivity contribution in [2.45, 2.75) is 12.8 Å². The molecular weight excluding hydrogens is 234 g/mol. The van der Waals surface area contributed by atoms with E-state index in [1.54, 1.807) is 0 Å². The van der Waals surface area contributed by atoms with Crippen molar-refractivity contribution in [2.75, 3.05) is 19.8 Å². The molecule has 18 heavy (non-hydrogen) atoms. The Bertz CT molecular complexity index is 407. The van der Waals surface area contributed by atoms with E-state index in [4.69, 9.17) is 4.74 Å². The van der Waals surface area contributed by atoms with Crippen molar-refractivity contribution < 1.29 is 19.7 Å². The van der Waals surface area contributed by atoms with Crippen molar-refractivity contribution >= 4 is 5.91 Å². The molecule has 1 aliphatic heterocycles. The highest BCUT2D eigenvalue weighted by molar-refractivity contribution is 5.99. The van der Waals surface area contributed by atoms with Crippen molar-refractivity contribution in [1.29, 1.82) is 0 Å². The predicted molar refractivity (Wildman–Crippen MR) is 65.6 cm³/mol. The van der Waals surface area contributed by atoms with Gasteiger partial charge in [0.1, 0.15) is 17.1 Å². The van der Waals surface area contributed by atoms with E-state index in [-0.39, 0.29) is 17.1 Å². The summed E-state index contributed by atoms with van der Waals surface area (Å²) in [5, 5.41) is 21.8. The summed E-state index contributed by atoms with van der Waals surface area (Å²) in [6, 6.07) is 4.23. The molecule has 0 spiro atoms. The van der Waals surface area contributed by atoms with Crippen molar-refractivity contribution in [3.63, 3.8) is 0 Å². The van der Waals surface area contributed by atoms with Crippen LogP contribution >= 0.6 is 0 Å². The van der Waals surface area contributed by atoms with E-state index in [1.165, 1.54) is 18.2 Å². The highest BCUT2D eigenvalue weighted by Gasteiger charge is 2.18. The van der Waals surface area contributed by atoms with Gasteiger partial charge in [0.05, 0.1) is 0 Å². The first kappa shape index (κ1) is 12.7. The van der Waals surface area contributed by atoms with Crippen LogP contribution in [0, 0.1) is 5.92 Å². The number of nitrogens with one attached hydrogen (secondary N) is 1. The maximum Gasteiger partial charge on any atom is 0.258 e. The van der Waals surface area contributed by atoms with Crippen LogP contribution in [0.1, 0.15) is 23.2 Å². The summed E-state index contributed by atoms with van der Waals surface area (Å²) in [7, 11) is 0. The van der Waals surface area contributed by atoms with Crippen molar-refractivity contribution in [3.8, 4) is 11.5 Å². The lowest BCUT2D eigenvalue weighted by Gasteiger charge is -2.10. The first-order valence-corrected chi connectivity index (χ1v) is 6.05. The van der Waals surface area contributed by atoms with Crippen LogP contribution in [0.5, 0.6) is 11.5 Å². The fourth-order valence-corrected chi connectivity index (χ4v) is 2.05. The van der Waals surface area contributed by atoms with Gasteiger partial charge < -0.3 is 20.3 Å². The molecule has 1 saturated heterocycles. The number of ether oxygens (including phenoxy) is 1. The minimum atomic E-state index is -0.454. The molecule has 0 saturated carbocycles. The fourth-order valence-electron chi connectivity index (χ4n) is 2.05. The molecule has 1 amide bonds. The van der Waals surface area contributed by atoms with Crippen LogP contribution in [0.15, 0.2) is 18.2 Å². The molecule has 0 bridgehead atoms. The topological polar surface area (TPSA) is 78.8 Å². The molecule has 98 valence electrons. The van der Waals surface area contributed by atoms with E-state index in [0.717, 1.165) is 26.1 Å². The quantitative estimate of drug-likeness (QED) is 0.752. The number of rotatable bonds is 4. The van der Waals surface area contributed by atoms with Crippen molar-refractivity contribution in [1.82, 2.24) is 5.32 Å². The van der Waals surface area contributed by atoms with Gasteiger partial charge >= 0.3 is 0 Å². The molecule has 2 rings (SSSR count). The van der Waals surface area contributed by atoms with E-state index in [9.17, 15) is 15.0 Å². The summed E-state index contributed by atoms with van der Waals surface area (Å²) >= 11 is 0. The number of carbonyl (C=O) groups excluding carboxylic acids is 1. The van der Waals surface area contributed by atoms with E-state index in [0.29, 0.717) is 12.5 Å². The molecule has 1 atom stereocenters. The zero-order valence-electron chi connectivity index (χ0n) is 10.1. The van der Waals surface area contributed by atoms with Crippen LogP contribution in [0.3, 0.4) is 0 Å². The van der Waals surface area contributed by atoms with Crippen LogP contribution < -0.4 is 5.32 Å². The Morgan fingerprint density at radius 3 is 2.72 bits per heavy atom. The molecule has 5 nitrogen and oxygen atoms in total. The number of phenols is 2. The number of phenolic OH excluding ortho intramolecular Hbond substituents is 2. The molecule has 1 aromatic carbocycles. The van der Waals surface area contributed by atoms with Gasteiger partial charge in [0.25, 0.3) is 5.91 Å². The van der Waals surface area contributed by atoms with Gasteiger partial charge in [-0.3, -0.25) is 4.79 Å². The third-order valence-corrected chi connectivity index (χ3v) is 3.11. The molecule has 1 aromatic rings. The molecule has 1 heterocycles. The summed E-state index contributed by atoms with van der Waals surface area (Å²) in [5.74, 6) is -0.388. The summed E-state index contributed by atoms with van der Waals surface area (Å²) < 4.78 is 5.24. The van der Waals surface area contributed by atoms with Crippen LogP contribution in [0.2, 0.25) is 0 Å². The molecule has 1 aliphatic rings. The van der Waals surface area contributed by atoms with Gasteiger partial charge in [0.15, 0.2) is 0 Å². The number of hydrogen-bond donors (Lipinski definition) is 3. The van der Waals surface area contributed by atoms with Gasteiger partial charge in [0, 0.05) is 19.8 Å². The average Bonchev–Trinajstić information content (AvgIpc) is 2.82. The van der Waals surface area contributed by atoms with Crippen LogP contribution in [0.25, 0.3) is 0 Å². The summed E-state index contributed by atoms with van der Waals surface area (Å²) in [5.41, 5.74) is -0.0693. The number of aromatic hydroxyl groups is 2. The molecular formula is C13H17NO4. The second-order valence-corrected chi connectivity index (χ2v) is 4.45. The van der Waals surface area contributed by atoms with E-state index in [2.05, 4.69) is 5.32 Å². The van der Waals surface area contributed by atoms with E-state index >= 15 is 0 Å². The number of carbonyl (C=O) groups is 1. The smallest absolute Gasteiger partial charge is 0.258 e. The maximum absolute atomic E-state index is 11.8. The Morgan fingerprint density at radius 1 is 1.39 bits per heavy atom. The van der Waals surface area contributed by atoms with E-state index in [1.807, 2.05) is 0 Å². The number of benzene rings is 1. The first-order valence-electron chi connectivity index (χ1n) is 6.05. The van der Waals surface area contributed by atoms with Gasteiger partial charge in [-0.25, -0.2) is 0 Å². The van der Waals surface area contributed by atoms with E-state index < -0.39 is 5.91 Å². The minimum Gasteiger partial charge on any atom is -0.507 e. The van der Waals surface area contributed by atoms with Crippen molar-refractivity contribution in [3.05, 3.63) is 23.8 Å². The molecule has 0 radical (unpaired) electrons. The molecule has 1 unspecified atom stereocenters. The lowest BCUT2D eigenvalue weighted by atomic mass is 10.1. The average molecular weight is 251 g/mol. The molecule has 5 heteroatoms. The Kier molecular flexibility index (Phi) is 4.04. The lowest BCUT2D eigenvalue weighted by Crippen LogP contribution is -2.26. The molecule has 1 fully saturated rings. The van der Waals surface area contributed by atoms with Crippen LogP contribution in [0.4, 0.5) is 0 Å². The fraction of sp³-hybridized carbons (Fsp3) is 0.462. The second-order valence-electron chi connectivity index (χ2n) is 4.45. The Morgan fingerprint density at radius 2 is 2.11 bits per heavy atom. The third-order valence-electron chi connectivity index (χ3n) is 3.11. The van der Waals surface area contributed by atoms with Crippen LogP contribution in [-0.4, -0.2) is 35.9 Å². The minimum absolute atomic E-state index is 0.0693. The van der Waals surface area contributed by atoms with Gasteiger partial charge in [-0.05, 0) is 30.9 Å². The molecule has 3 N–H and O–H groups in total. The monoisotopic (exact) mass is 251 g/mol. The Labute approximate surface area is 105 Å². The first-order chi connectivity index (χ1) is 8.68. The van der Waals surface area contributed by atoms with Gasteiger partial charge in [0.2, 0.25) is 0 Å². The van der Waals surface area contributed by atoms with Gasteiger partial charge in [-0.1, -0.05) is 6.07 Å². The number of amides is 1. The predicted octanol–water partition coefficient (Wildman–Crippen LogP) is 1.25. The summed E-state index contributed by atoms with van der Waals surface area (Å²) in [6.07, 6.45) is 1.87. The SMILES string of the molecule is O=C(NCCC1CCOC1)c1c(O)cccc1O. The maximum atomic E-state index is 11.8. The zero-order chi connectivity index (χ0) is 13.0. The lowest BCUT2D eigenvalue weighted by molar-refractivity contribution is 0.0945. The zero-order valence-corrected chi connectivity index (χ0v) is 10.1. The normalized spacial score (nSPS) is 18.8. The molecule has 0 aliphatic carbocycles. The van der Waals surface area contributed by atoms with Crippen LogP contribution in [-0.2, 0) is 4.74 Å². The second kappa shape index (κ2) is 5.73. The highest BCUT2D eigenvalue weighted by atomic mass is 16.5. The Balaban J connectivity index is 1.87. The number of hydrogen-bond acceptors (Lipinski definition) is 4.